The Morgan fingerprint density at radius 1 is 1.06 bits per heavy atom. The minimum atomic E-state index is -0.859. The molecule has 9 heteroatoms. The van der Waals surface area contributed by atoms with Crippen molar-refractivity contribution in [2.24, 2.45) is 10.4 Å². The van der Waals surface area contributed by atoms with Crippen LogP contribution in [-0.4, -0.2) is 46.3 Å². The third kappa shape index (κ3) is 7.95. The molecule has 6 nitrogen and oxygen atoms in total. The first-order valence-electron chi connectivity index (χ1n) is 16.2. The molecule has 1 aliphatic rings. The Morgan fingerprint density at radius 2 is 1.87 bits per heavy atom. The Balaban J connectivity index is 1.60. The van der Waals surface area contributed by atoms with Crippen LogP contribution in [0.1, 0.15) is 79.8 Å². The Morgan fingerprint density at radius 3 is 2.64 bits per heavy atom. The lowest BCUT2D eigenvalue weighted by Crippen LogP contribution is -2.34. The number of halogens is 2. The summed E-state index contributed by atoms with van der Waals surface area (Å²) in [6, 6.07) is 16.1. The van der Waals surface area contributed by atoms with Crippen LogP contribution in [0.2, 0.25) is 0 Å². The van der Waals surface area contributed by atoms with E-state index in [-0.39, 0.29) is 34.9 Å². The number of H-pyrrole nitrogens is 1. The second-order valence-corrected chi connectivity index (χ2v) is 14.7. The Kier molecular flexibility index (Phi) is 10.5. The van der Waals surface area contributed by atoms with Gasteiger partial charge >= 0.3 is 5.97 Å². The number of aromatic nitrogens is 1. The van der Waals surface area contributed by atoms with Gasteiger partial charge in [0, 0.05) is 37.0 Å². The Labute approximate surface area is 280 Å². The summed E-state index contributed by atoms with van der Waals surface area (Å²) in [5.74, 6) is 0.464. The van der Waals surface area contributed by atoms with Crippen LogP contribution in [-0.2, 0) is 29.5 Å². The van der Waals surface area contributed by atoms with Gasteiger partial charge in [0.2, 0.25) is 0 Å². The van der Waals surface area contributed by atoms with Gasteiger partial charge in [0.1, 0.15) is 23.3 Å². The number of nitrogens with zero attached hydrogens (tertiary/aromatic N) is 1. The molecule has 248 valence electrons. The van der Waals surface area contributed by atoms with Crippen LogP contribution >= 0.6 is 11.8 Å². The highest BCUT2D eigenvalue weighted by Gasteiger charge is 2.34. The maximum absolute atomic E-state index is 15.7. The van der Waals surface area contributed by atoms with Crippen LogP contribution in [0.3, 0.4) is 0 Å². The number of carboxylic acids is 1. The van der Waals surface area contributed by atoms with E-state index in [1.165, 1.54) is 6.07 Å². The van der Waals surface area contributed by atoms with E-state index in [9.17, 15) is 15.3 Å². The summed E-state index contributed by atoms with van der Waals surface area (Å²) in [7, 11) is 1.66. The average molecular weight is 659 g/mol. The van der Waals surface area contributed by atoms with Crippen molar-refractivity contribution in [3.8, 4) is 0 Å². The third-order valence-electron chi connectivity index (χ3n) is 9.39. The quantitative estimate of drug-likeness (QED) is 0.177. The van der Waals surface area contributed by atoms with Gasteiger partial charge in [-0.05, 0) is 102 Å². The number of rotatable bonds is 4. The lowest BCUT2D eigenvalue weighted by Gasteiger charge is -2.32. The predicted molar refractivity (Wildman–Crippen MR) is 189 cm³/mol. The van der Waals surface area contributed by atoms with Crippen molar-refractivity contribution in [1.29, 1.82) is 5.41 Å². The number of carboxylic acid groups (broad SMARTS) is 1. The van der Waals surface area contributed by atoms with Gasteiger partial charge in [-0.3, -0.25) is 10.2 Å². The zero-order valence-corrected chi connectivity index (χ0v) is 28.4. The highest BCUT2D eigenvalue weighted by molar-refractivity contribution is 7.99. The fraction of sp³-hybridized carbons (Fsp3) is 0.395. The normalized spacial score (nSPS) is 20.5. The molecule has 0 amide bonds. The second-order valence-electron chi connectivity index (χ2n) is 13.6. The van der Waals surface area contributed by atoms with Gasteiger partial charge in [0.25, 0.3) is 0 Å². The number of hydrogen-bond acceptors (Lipinski definition) is 4. The maximum Gasteiger partial charge on any atom is 0.303 e. The summed E-state index contributed by atoms with van der Waals surface area (Å²) in [6.07, 6.45) is 5.65. The lowest BCUT2D eigenvalue weighted by atomic mass is 9.75. The van der Waals surface area contributed by atoms with Gasteiger partial charge in [-0.2, -0.15) is 11.8 Å². The van der Waals surface area contributed by atoms with Gasteiger partial charge in [-0.15, -0.1) is 0 Å². The number of thioether (sulfide) groups is 1. The van der Waals surface area contributed by atoms with Crippen molar-refractivity contribution < 1.29 is 18.7 Å². The molecular formula is C38H44F2N4O2S. The van der Waals surface area contributed by atoms with Crippen molar-refractivity contribution in [1.82, 2.24) is 10.3 Å². The highest BCUT2D eigenvalue weighted by atomic mass is 32.2. The molecule has 0 fully saturated rings. The van der Waals surface area contributed by atoms with Gasteiger partial charge in [-0.1, -0.05) is 50.6 Å². The number of fused-ring (bicyclic) bond motifs is 5. The summed E-state index contributed by atoms with van der Waals surface area (Å²) in [6.45, 7) is 6.52. The summed E-state index contributed by atoms with van der Waals surface area (Å²) in [5.41, 5.74) is 4.30. The van der Waals surface area contributed by atoms with E-state index in [1.807, 2.05) is 55.2 Å². The molecule has 4 aromatic rings. The molecule has 0 saturated carbocycles. The molecule has 47 heavy (non-hydrogen) atoms. The zero-order chi connectivity index (χ0) is 33.8. The van der Waals surface area contributed by atoms with Crippen LogP contribution < -0.4 is 5.32 Å². The van der Waals surface area contributed by atoms with Gasteiger partial charge in [0.05, 0.1) is 11.0 Å². The molecule has 4 N–H and O–H groups in total. The molecule has 3 aromatic carbocycles. The second kappa shape index (κ2) is 14.4. The van der Waals surface area contributed by atoms with Crippen molar-refractivity contribution in [2.45, 2.75) is 71.1 Å². The number of aromatic amines is 1. The van der Waals surface area contributed by atoms with Crippen molar-refractivity contribution in [3.05, 3.63) is 106 Å². The fourth-order valence-corrected chi connectivity index (χ4v) is 7.74. The standard InChI is InChI=1S/C38H44F2N4O2S/c1-37(2)15-6-16-38(3,26-8-5-7-24(19-26)10-12-34(45)46)36(41)44-35(42-4)30-21-25(9-11-31(30)39)20-29-27(14-18-47-23-37)28-13-17-43-33(28)22-32(29)40/h5,7-9,11,13,17,19,21-22,43H,6,10,12,14-16,18,20,23H2,1-4H3,(H,45,46)(H2,41,42,44). The number of nitrogens with one attached hydrogen (secondary N) is 3. The number of hydrogen-bond donors (Lipinski definition) is 4. The largest absolute Gasteiger partial charge is 0.481 e. The topological polar surface area (TPSA) is 101 Å². The molecule has 1 atom stereocenters. The Hall–Kier alpha value is -3.98. The van der Waals surface area contributed by atoms with Crippen LogP contribution in [0.5, 0.6) is 0 Å². The number of aliphatic imine (C=N–C) groups is 1. The third-order valence-corrected chi connectivity index (χ3v) is 10.9. The number of carbonyl (C=O) groups is 1. The fourth-order valence-electron chi connectivity index (χ4n) is 6.55. The molecule has 1 aliphatic heterocycles. The van der Waals surface area contributed by atoms with E-state index in [0.29, 0.717) is 31.2 Å². The van der Waals surface area contributed by atoms with E-state index in [2.05, 4.69) is 24.1 Å². The monoisotopic (exact) mass is 658 g/mol. The molecule has 0 spiro atoms. The smallest absolute Gasteiger partial charge is 0.303 e. The Bertz CT molecular complexity index is 1810. The predicted octanol–water partition coefficient (Wildman–Crippen LogP) is 8.44. The first-order chi connectivity index (χ1) is 22.4. The molecule has 0 radical (unpaired) electrons. The van der Waals surface area contributed by atoms with Crippen LogP contribution in [0.4, 0.5) is 8.78 Å². The molecule has 2 heterocycles. The van der Waals surface area contributed by atoms with Gasteiger partial charge < -0.3 is 15.4 Å². The van der Waals surface area contributed by atoms with Gasteiger partial charge in [-0.25, -0.2) is 13.8 Å². The highest BCUT2D eigenvalue weighted by Crippen LogP contribution is 2.37. The van der Waals surface area contributed by atoms with Crippen LogP contribution in [0, 0.1) is 22.5 Å². The number of aryl methyl sites for hydroxylation is 2. The van der Waals surface area contributed by atoms with E-state index < -0.39 is 17.2 Å². The van der Waals surface area contributed by atoms with Crippen molar-refractivity contribution in [2.75, 3.05) is 18.6 Å². The molecule has 1 aromatic heterocycles. The van der Waals surface area contributed by atoms with E-state index >= 15 is 8.78 Å². The first-order valence-corrected chi connectivity index (χ1v) is 17.4. The minimum Gasteiger partial charge on any atom is -0.481 e. The first kappa shape index (κ1) is 34.4. The van der Waals surface area contributed by atoms with Crippen molar-refractivity contribution >= 4 is 40.3 Å². The number of aliphatic carboxylic acids is 1. The molecule has 0 saturated heterocycles. The zero-order valence-electron chi connectivity index (χ0n) is 27.6. The summed E-state index contributed by atoms with van der Waals surface area (Å²) in [5, 5.41) is 22.6. The average Bonchev–Trinajstić information content (AvgIpc) is 3.50. The van der Waals surface area contributed by atoms with Crippen molar-refractivity contribution in [3.63, 3.8) is 0 Å². The van der Waals surface area contributed by atoms with E-state index in [4.69, 9.17) is 4.99 Å². The van der Waals surface area contributed by atoms with E-state index in [0.717, 1.165) is 57.5 Å². The number of benzene rings is 3. The molecule has 0 aliphatic carbocycles. The number of amidine groups is 2. The van der Waals surface area contributed by atoms with Crippen LogP contribution in [0.15, 0.2) is 65.8 Å². The molecule has 2 bridgehead atoms. The van der Waals surface area contributed by atoms with E-state index in [1.54, 1.807) is 25.2 Å². The summed E-state index contributed by atoms with van der Waals surface area (Å²) >= 11 is 1.87. The van der Waals surface area contributed by atoms with Gasteiger partial charge in [0.15, 0.2) is 0 Å². The lowest BCUT2D eigenvalue weighted by molar-refractivity contribution is -0.136. The molecule has 1 unspecified atom stereocenters. The summed E-state index contributed by atoms with van der Waals surface area (Å²) in [4.78, 5) is 19.2. The SMILES string of the molecule is CN/C1=N\C(=N)C(C)(c2cccc(CCC(=O)O)c2)CCCC(C)(C)CSCCc2c(c(F)cc3[nH]ccc23)Cc2ccc(F)c1c2. The maximum atomic E-state index is 15.7. The molecular weight excluding hydrogens is 615 g/mol. The summed E-state index contributed by atoms with van der Waals surface area (Å²) < 4.78 is 31.2. The van der Waals surface area contributed by atoms with Crippen LogP contribution in [0.25, 0.3) is 10.9 Å². The minimum absolute atomic E-state index is 0.0194. The molecule has 5 rings (SSSR count).